The van der Waals surface area contributed by atoms with Crippen LogP contribution in [-0.2, 0) is 0 Å². The number of hydrogen-bond donors (Lipinski definition) is 1. The Kier molecular flexibility index (Phi) is 4.25. The van der Waals surface area contributed by atoms with Crippen molar-refractivity contribution < 1.29 is 0 Å². The molecule has 1 saturated carbocycles. The number of allylic oxidation sites excluding steroid dienone is 1. The number of nitrogens with one attached hydrogen (secondary N) is 1. The Morgan fingerprint density at radius 1 is 1.40 bits per heavy atom. The fourth-order valence-corrected chi connectivity index (χ4v) is 2.69. The van der Waals surface area contributed by atoms with Gasteiger partial charge in [0.2, 0.25) is 0 Å². The highest BCUT2D eigenvalue weighted by molar-refractivity contribution is 5.07. The molecule has 86 valence electrons. The van der Waals surface area contributed by atoms with Crippen molar-refractivity contribution in [1.82, 2.24) is 5.32 Å². The van der Waals surface area contributed by atoms with Crippen LogP contribution in [0.2, 0.25) is 0 Å². The summed E-state index contributed by atoms with van der Waals surface area (Å²) >= 11 is 0. The molecular weight excluding hydrogens is 182 g/mol. The molecule has 1 fully saturated rings. The summed E-state index contributed by atoms with van der Waals surface area (Å²) in [6.45, 7) is 3.36. The van der Waals surface area contributed by atoms with Crippen LogP contribution >= 0.6 is 0 Å². The maximum atomic E-state index is 3.66. The molecule has 2 aliphatic rings. The minimum Gasteiger partial charge on any atom is -0.314 e. The summed E-state index contributed by atoms with van der Waals surface area (Å²) in [5, 5.41) is 3.66. The van der Waals surface area contributed by atoms with E-state index in [1.54, 1.807) is 5.57 Å². The maximum Gasteiger partial charge on any atom is 0.0107 e. The molecule has 0 aliphatic heterocycles. The van der Waals surface area contributed by atoms with E-state index in [1.165, 1.54) is 51.4 Å². The Morgan fingerprint density at radius 3 is 2.87 bits per heavy atom. The van der Waals surface area contributed by atoms with E-state index in [9.17, 15) is 0 Å². The number of rotatable bonds is 6. The zero-order chi connectivity index (χ0) is 10.5. The molecule has 0 aromatic heterocycles. The third-order valence-corrected chi connectivity index (χ3v) is 3.70. The molecule has 0 radical (unpaired) electrons. The van der Waals surface area contributed by atoms with Gasteiger partial charge in [0.1, 0.15) is 0 Å². The Labute approximate surface area is 94.3 Å². The average Bonchev–Trinajstić information content (AvgIpc) is 3.03. The van der Waals surface area contributed by atoms with Gasteiger partial charge in [0.15, 0.2) is 0 Å². The normalized spacial score (nSPS) is 23.7. The smallest absolute Gasteiger partial charge is 0.0107 e. The first-order valence-corrected chi connectivity index (χ1v) is 6.79. The molecule has 2 aliphatic carbocycles. The van der Waals surface area contributed by atoms with Crippen LogP contribution in [0.25, 0.3) is 0 Å². The predicted molar refractivity (Wildman–Crippen MR) is 66.0 cm³/mol. The molecule has 1 unspecified atom stereocenters. The standard InChI is InChI=1S/C14H25N/c1-2-15-14(11-13-8-9-13)10-12-6-4-3-5-7-12/h6,13-15H,2-5,7-11H2,1H3. The first-order chi connectivity index (χ1) is 7.38. The highest BCUT2D eigenvalue weighted by Crippen LogP contribution is 2.35. The molecule has 0 aromatic rings. The van der Waals surface area contributed by atoms with Gasteiger partial charge in [0.05, 0.1) is 0 Å². The summed E-state index contributed by atoms with van der Waals surface area (Å²) in [6, 6.07) is 0.770. The van der Waals surface area contributed by atoms with Crippen LogP contribution in [0, 0.1) is 5.92 Å². The Balaban J connectivity index is 1.78. The molecule has 0 aromatic carbocycles. The lowest BCUT2D eigenvalue weighted by atomic mass is 9.92. The molecular formula is C14H25N. The van der Waals surface area contributed by atoms with E-state index in [2.05, 4.69) is 18.3 Å². The lowest BCUT2D eigenvalue weighted by Crippen LogP contribution is -2.30. The molecule has 0 saturated heterocycles. The molecule has 1 heteroatoms. The van der Waals surface area contributed by atoms with Gasteiger partial charge in [-0.1, -0.05) is 31.4 Å². The van der Waals surface area contributed by atoms with Crippen LogP contribution in [-0.4, -0.2) is 12.6 Å². The summed E-state index contributed by atoms with van der Waals surface area (Å²) < 4.78 is 0. The third-order valence-electron chi connectivity index (χ3n) is 3.70. The molecule has 0 heterocycles. The van der Waals surface area contributed by atoms with E-state index in [-0.39, 0.29) is 0 Å². The molecule has 1 N–H and O–H groups in total. The van der Waals surface area contributed by atoms with Gasteiger partial charge in [-0.05, 0) is 51.0 Å². The van der Waals surface area contributed by atoms with Gasteiger partial charge < -0.3 is 5.32 Å². The number of hydrogen-bond acceptors (Lipinski definition) is 1. The zero-order valence-corrected chi connectivity index (χ0v) is 10.1. The van der Waals surface area contributed by atoms with E-state index < -0.39 is 0 Å². The van der Waals surface area contributed by atoms with Crippen molar-refractivity contribution in [2.75, 3.05) is 6.54 Å². The van der Waals surface area contributed by atoms with Crippen molar-refractivity contribution >= 4 is 0 Å². The molecule has 2 rings (SSSR count). The quantitative estimate of drug-likeness (QED) is 0.655. The second kappa shape index (κ2) is 5.69. The second-order valence-corrected chi connectivity index (χ2v) is 5.25. The van der Waals surface area contributed by atoms with Crippen molar-refractivity contribution in [2.24, 2.45) is 5.92 Å². The van der Waals surface area contributed by atoms with E-state index in [1.807, 2.05) is 0 Å². The predicted octanol–water partition coefficient (Wildman–Crippen LogP) is 3.66. The lowest BCUT2D eigenvalue weighted by molar-refractivity contribution is 0.455. The summed E-state index contributed by atoms with van der Waals surface area (Å²) in [6.07, 6.45) is 13.8. The van der Waals surface area contributed by atoms with Crippen LogP contribution in [0.5, 0.6) is 0 Å². The van der Waals surface area contributed by atoms with Crippen molar-refractivity contribution in [3.63, 3.8) is 0 Å². The topological polar surface area (TPSA) is 12.0 Å². The van der Waals surface area contributed by atoms with Crippen LogP contribution in [0.3, 0.4) is 0 Å². The minimum atomic E-state index is 0.770. The van der Waals surface area contributed by atoms with E-state index in [4.69, 9.17) is 0 Å². The van der Waals surface area contributed by atoms with E-state index in [0.717, 1.165) is 18.5 Å². The van der Waals surface area contributed by atoms with E-state index in [0.29, 0.717) is 0 Å². The van der Waals surface area contributed by atoms with Crippen LogP contribution < -0.4 is 5.32 Å². The van der Waals surface area contributed by atoms with E-state index >= 15 is 0 Å². The molecule has 0 spiro atoms. The van der Waals surface area contributed by atoms with Gasteiger partial charge in [-0.2, -0.15) is 0 Å². The summed E-state index contributed by atoms with van der Waals surface area (Å²) in [5.41, 5.74) is 1.73. The summed E-state index contributed by atoms with van der Waals surface area (Å²) in [5.74, 6) is 1.05. The Morgan fingerprint density at radius 2 is 2.27 bits per heavy atom. The lowest BCUT2D eigenvalue weighted by Gasteiger charge is -2.21. The molecule has 0 bridgehead atoms. The monoisotopic (exact) mass is 207 g/mol. The first kappa shape index (κ1) is 11.2. The van der Waals surface area contributed by atoms with Crippen molar-refractivity contribution in [3.8, 4) is 0 Å². The van der Waals surface area contributed by atoms with Crippen LogP contribution in [0.15, 0.2) is 11.6 Å². The Hall–Kier alpha value is -0.300. The van der Waals surface area contributed by atoms with Gasteiger partial charge >= 0.3 is 0 Å². The van der Waals surface area contributed by atoms with Gasteiger partial charge in [0.25, 0.3) is 0 Å². The van der Waals surface area contributed by atoms with Gasteiger partial charge in [-0.15, -0.1) is 0 Å². The van der Waals surface area contributed by atoms with Crippen molar-refractivity contribution in [2.45, 2.75) is 64.3 Å². The average molecular weight is 207 g/mol. The van der Waals surface area contributed by atoms with Gasteiger partial charge in [-0.25, -0.2) is 0 Å². The highest BCUT2D eigenvalue weighted by Gasteiger charge is 2.25. The third kappa shape index (κ3) is 3.98. The molecule has 1 nitrogen and oxygen atoms in total. The van der Waals surface area contributed by atoms with Gasteiger partial charge in [-0.3, -0.25) is 0 Å². The SMILES string of the molecule is CCNC(CC1=CCCCC1)CC1CC1. The zero-order valence-electron chi connectivity index (χ0n) is 10.1. The highest BCUT2D eigenvalue weighted by atomic mass is 14.9. The summed E-state index contributed by atoms with van der Waals surface area (Å²) in [4.78, 5) is 0. The van der Waals surface area contributed by atoms with Crippen LogP contribution in [0.1, 0.15) is 58.3 Å². The summed E-state index contributed by atoms with van der Waals surface area (Å²) in [7, 11) is 0. The van der Waals surface area contributed by atoms with Gasteiger partial charge in [0, 0.05) is 6.04 Å². The fourth-order valence-electron chi connectivity index (χ4n) is 2.69. The molecule has 15 heavy (non-hydrogen) atoms. The molecule has 1 atom stereocenters. The largest absolute Gasteiger partial charge is 0.314 e. The first-order valence-electron chi connectivity index (χ1n) is 6.79. The fraction of sp³-hybridized carbons (Fsp3) is 0.857. The van der Waals surface area contributed by atoms with Crippen molar-refractivity contribution in [1.29, 1.82) is 0 Å². The minimum absolute atomic E-state index is 0.770. The Bertz CT molecular complexity index is 215. The second-order valence-electron chi connectivity index (χ2n) is 5.25. The van der Waals surface area contributed by atoms with Crippen molar-refractivity contribution in [3.05, 3.63) is 11.6 Å². The van der Waals surface area contributed by atoms with Crippen LogP contribution in [0.4, 0.5) is 0 Å². The molecule has 0 amide bonds. The maximum absolute atomic E-state index is 3.66.